The molecule has 0 unspecified atom stereocenters. The molecule has 0 amide bonds. The monoisotopic (exact) mass is 200 g/mol. The molecule has 4 heteroatoms. The largest absolute Gasteiger partial charge is 0.463 e. The number of Topliss-reactive ketones (excluding diaryl/α,β-unsaturated/α-hetero) is 1. The van der Waals surface area contributed by atoms with Gasteiger partial charge in [-0.2, -0.15) is 0 Å². The molecular weight excluding hydrogens is 188 g/mol. The zero-order valence-electron chi connectivity index (χ0n) is 6.86. The molecule has 0 spiro atoms. The maximum absolute atomic E-state index is 10.6. The fourth-order valence-electron chi connectivity index (χ4n) is 0.508. The van der Waals surface area contributed by atoms with E-state index < -0.39 is 5.97 Å². The van der Waals surface area contributed by atoms with Crippen molar-refractivity contribution in [3.05, 3.63) is 0 Å². The van der Waals surface area contributed by atoms with Crippen LogP contribution < -0.4 is 0 Å². The molecule has 0 aliphatic carbocycles. The fourth-order valence-corrected chi connectivity index (χ4v) is 0.508. The Hall–Kier alpha value is -0.341. The summed E-state index contributed by atoms with van der Waals surface area (Å²) in [5.41, 5.74) is 0. The first-order chi connectivity index (χ1) is 4.52. The van der Waals surface area contributed by atoms with Crippen LogP contribution in [0.2, 0.25) is 0 Å². The summed E-state index contributed by atoms with van der Waals surface area (Å²) in [4.78, 5) is 21.0. The van der Waals surface area contributed by atoms with E-state index in [9.17, 15) is 9.59 Å². The Balaban J connectivity index is 0. The molecule has 0 aromatic rings. The third-order valence-corrected chi connectivity index (χ3v) is 0.760. The summed E-state index contributed by atoms with van der Waals surface area (Å²) in [5.74, 6) is -0.604. The van der Waals surface area contributed by atoms with Gasteiger partial charge in [0.25, 0.3) is 0 Å². The Labute approximate surface area is 77.0 Å². The van der Waals surface area contributed by atoms with Gasteiger partial charge in [-0.15, -0.1) is 0 Å². The van der Waals surface area contributed by atoms with Gasteiger partial charge in [-0.25, -0.2) is 0 Å². The van der Waals surface area contributed by atoms with Gasteiger partial charge >= 0.3 is 5.97 Å². The number of hydrogen-bond acceptors (Lipinski definition) is 3. The van der Waals surface area contributed by atoms with Gasteiger partial charge < -0.3 is 4.74 Å². The molecule has 0 N–H and O–H groups in total. The van der Waals surface area contributed by atoms with Crippen LogP contribution in [0.4, 0.5) is 0 Å². The summed E-state index contributed by atoms with van der Waals surface area (Å²) in [5, 5.41) is 0. The number of esters is 1. The van der Waals surface area contributed by atoms with Crippen molar-refractivity contribution in [3.63, 3.8) is 0 Å². The molecule has 0 rings (SSSR count). The van der Waals surface area contributed by atoms with E-state index >= 15 is 0 Å². The topological polar surface area (TPSA) is 43.4 Å². The Morgan fingerprint density at radius 2 is 1.82 bits per heavy atom. The van der Waals surface area contributed by atoms with Gasteiger partial charge in [-0.05, 0) is 20.8 Å². The van der Waals surface area contributed by atoms with Crippen LogP contribution in [0, 0.1) is 0 Å². The van der Waals surface area contributed by atoms with Gasteiger partial charge in [0.2, 0.25) is 0 Å². The van der Waals surface area contributed by atoms with E-state index in [0.29, 0.717) is 0 Å². The van der Waals surface area contributed by atoms with Gasteiger partial charge in [0.05, 0.1) is 6.10 Å². The number of carbonyl (C=O) groups is 2. The van der Waals surface area contributed by atoms with Crippen molar-refractivity contribution in [2.24, 2.45) is 0 Å². The van der Waals surface area contributed by atoms with Crippen LogP contribution >= 0.6 is 0 Å². The van der Waals surface area contributed by atoms with Gasteiger partial charge in [-0.3, -0.25) is 9.59 Å². The average molecular weight is 200 g/mol. The smallest absolute Gasteiger partial charge is 0.313 e. The second-order valence-electron chi connectivity index (χ2n) is 2.42. The van der Waals surface area contributed by atoms with Crippen LogP contribution in [-0.2, 0) is 31.4 Å². The van der Waals surface area contributed by atoms with E-state index in [0.717, 1.165) is 0 Å². The maximum atomic E-state index is 10.6. The number of ether oxygens (including phenoxy) is 1. The minimum atomic E-state index is -0.442. The molecule has 0 bridgehead atoms. The molecule has 0 heterocycles. The van der Waals surface area contributed by atoms with E-state index in [-0.39, 0.29) is 35.4 Å². The quantitative estimate of drug-likeness (QED) is 0.386. The molecule has 0 saturated heterocycles. The molecule has 0 fully saturated rings. The second kappa shape index (κ2) is 6.37. The Bertz CT molecular complexity index is 143. The molecule has 0 aromatic heterocycles. The van der Waals surface area contributed by atoms with Crippen LogP contribution in [0.15, 0.2) is 0 Å². The predicted molar refractivity (Wildman–Crippen MR) is 36.5 cm³/mol. The van der Waals surface area contributed by atoms with Gasteiger partial charge in [-0.1, -0.05) is 0 Å². The molecule has 66 valence electrons. The maximum Gasteiger partial charge on any atom is 0.313 e. The van der Waals surface area contributed by atoms with Gasteiger partial charge in [0.15, 0.2) is 0 Å². The van der Waals surface area contributed by atoms with Crippen molar-refractivity contribution in [2.75, 3.05) is 0 Å². The fraction of sp³-hybridized carbons (Fsp3) is 0.714. The summed E-state index contributed by atoms with van der Waals surface area (Å²) < 4.78 is 4.70. The van der Waals surface area contributed by atoms with Crippen molar-refractivity contribution in [3.8, 4) is 0 Å². The number of hydrogen-bond donors (Lipinski definition) is 0. The molecule has 11 heavy (non-hydrogen) atoms. The average Bonchev–Trinajstić information content (AvgIpc) is 1.58. The Morgan fingerprint density at radius 3 is 2.09 bits per heavy atom. The van der Waals surface area contributed by atoms with E-state index in [4.69, 9.17) is 4.74 Å². The Kier molecular flexibility index (Phi) is 7.69. The molecule has 0 atom stereocenters. The number of ketones is 1. The molecule has 0 aliphatic rings. The van der Waals surface area contributed by atoms with E-state index in [1.807, 2.05) is 0 Å². The van der Waals surface area contributed by atoms with Crippen molar-refractivity contribution in [1.29, 1.82) is 0 Å². The molecular formula is C7H12FeO3. The molecule has 0 saturated carbocycles. The third kappa shape index (κ3) is 9.66. The molecule has 0 aliphatic heterocycles. The minimum Gasteiger partial charge on any atom is -0.463 e. The number of carbonyl (C=O) groups excluding carboxylic acids is 2. The number of rotatable bonds is 3. The van der Waals surface area contributed by atoms with Gasteiger partial charge in [0, 0.05) is 17.1 Å². The zero-order valence-corrected chi connectivity index (χ0v) is 7.97. The predicted octanol–water partition coefficient (Wildman–Crippen LogP) is 0.915. The molecule has 3 nitrogen and oxygen atoms in total. The van der Waals surface area contributed by atoms with Crippen LogP contribution in [0.5, 0.6) is 0 Å². The molecule has 0 aromatic carbocycles. The van der Waals surface area contributed by atoms with Crippen LogP contribution in [0.1, 0.15) is 27.2 Å². The first-order valence-corrected chi connectivity index (χ1v) is 3.21. The second-order valence-corrected chi connectivity index (χ2v) is 2.42. The molecule has 0 radical (unpaired) electrons. The van der Waals surface area contributed by atoms with Crippen LogP contribution in [0.25, 0.3) is 0 Å². The standard InChI is InChI=1S/C7H12O3.Fe/c1-5(2)10-7(9)4-6(3)8;/h5H,4H2,1-3H3;. The Morgan fingerprint density at radius 1 is 1.36 bits per heavy atom. The van der Waals surface area contributed by atoms with Gasteiger partial charge in [0.1, 0.15) is 12.2 Å². The normalized spacial score (nSPS) is 8.73. The minimum absolute atomic E-state index is 0. The summed E-state index contributed by atoms with van der Waals surface area (Å²) in [7, 11) is 0. The summed E-state index contributed by atoms with van der Waals surface area (Å²) >= 11 is 0. The van der Waals surface area contributed by atoms with Crippen LogP contribution in [0.3, 0.4) is 0 Å². The van der Waals surface area contributed by atoms with Crippen molar-refractivity contribution in [1.82, 2.24) is 0 Å². The summed E-state index contributed by atoms with van der Waals surface area (Å²) in [6, 6.07) is 0. The van der Waals surface area contributed by atoms with Crippen molar-refractivity contribution in [2.45, 2.75) is 33.3 Å². The van der Waals surface area contributed by atoms with E-state index in [1.165, 1.54) is 6.92 Å². The zero-order chi connectivity index (χ0) is 8.15. The SMILES string of the molecule is CC(=O)CC(=O)OC(C)C.[Fe]. The van der Waals surface area contributed by atoms with E-state index in [2.05, 4.69) is 0 Å². The first kappa shape index (κ1) is 13.3. The van der Waals surface area contributed by atoms with E-state index in [1.54, 1.807) is 13.8 Å². The summed E-state index contributed by atoms with van der Waals surface area (Å²) in [6.45, 7) is 4.86. The first-order valence-electron chi connectivity index (χ1n) is 3.21. The van der Waals surface area contributed by atoms with Crippen molar-refractivity contribution < 1.29 is 31.4 Å². The summed E-state index contributed by atoms with van der Waals surface area (Å²) in [6.07, 6.45) is -0.245. The van der Waals surface area contributed by atoms with Crippen molar-refractivity contribution >= 4 is 11.8 Å². The van der Waals surface area contributed by atoms with Crippen LogP contribution in [-0.4, -0.2) is 17.9 Å². The third-order valence-electron chi connectivity index (χ3n) is 0.760.